The van der Waals surface area contributed by atoms with E-state index in [2.05, 4.69) is 14.4 Å². The molecule has 5 nitrogen and oxygen atoms in total. The molecule has 2 rings (SSSR count). The molecule has 0 aromatic heterocycles. The Morgan fingerprint density at radius 3 is 2.45 bits per heavy atom. The summed E-state index contributed by atoms with van der Waals surface area (Å²) in [7, 11) is -5.75. The first-order chi connectivity index (χ1) is 9.22. The summed E-state index contributed by atoms with van der Waals surface area (Å²) in [5.41, 5.74) is 0.107. The Balaban J connectivity index is 2.41. The quantitative estimate of drug-likeness (QED) is 0.670. The summed E-state index contributed by atoms with van der Waals surface area (Å²) in [6.07, 6.45) is -3.17. The Labute approximate surface area is 115 Å². The zero-order chi connectivity index (χ0) is 15.0. The third-order valence-electron chi connectivity index (χ3n) is 2.32. The molecule has 1 atom stereocenters. The fourth-order valence-electron chi connectivity index (χ4n) is 1.41. The molecule has 0 spiro atoms. The summed E-state index contributed by atoms with van der Waals surface area (Å²) in [6.45, 7) is 0. The van der Waals surface area contributed by atoms with Crippen LogP contribution in [0.15, 0.2) is 39.4 Å². The second-order valence-electron chi connectivity index (χ2n) is 3.76. The molecule has 110 valence electrons. The van der Waals surface area contributed by atoms with E-state index in [1.165, 1.54) is 11.6 Å². The van der Waals surface area contributed by atoms with Gasteiger partial charge in [0.25, 0.3) is 5.23 Å². The van der Waals surface area contributed by atoms with Gasteiger partial charge in [-0.15, -0.1) is 21.1 Å². The number of halogens is 3. The molecule has 0 aliphatic carbocycles. The maximum absolute atomic E-state index is 12.8. The minimum atomic E-state index is -4.79. The van der Waals surface area contributed by atoms with Crippen LogP contribution in [0.25, 0.3) is 0 Å². The molecule has 0 saturated heterocycles. The molecule has 0 fully saturated rings. The van der Waals surface area contributed by atoms with Crippen LogP contribution in [0.5, 0.6) is 0 Å². The first-order valence-corrected chi connectivity index (χ1v) is 8.43. The van der Waals surface area contributed by atoms with Crippen LogP contribution in [0.4, 0.5) is 13.2 Å². The molecule has 1 heterocycles. The molecule has 1 unspecified atom stereocenters. The predicted molar refractivity (Wildman–Crippen MR) is 70.6 cm³/mol. The van der Waals surface area contributed by atoms with Gasteiger partial charge in [-0.3, -0.25) is 0 Å². The molecule has 0 bridgehead atoms. The van der Waals surface area contributed by atoms with Crippen molar-refractivity contribution in [3.63, 3.8) is 0 Å². The zero-order valence-electron chi connectivity index (χ0n) is 10.00. The van der Waals surface area contributed by atoms with E-state index >= 15 is 0 Å². The summed E-state index contributed by atoms with van der Waals surface area (Å²) in [5, 5.41) is 6.73. The van der Waals surface area contributed by atoms with E-state index in [0.717, 1.165) is 12.1 Å². The van der Waals surface area contributed by atoms with E-state index in [1.807, 2.05) is 0 Å². The summed E-state index contributed by atoms with van der Waals surface area (Å²) in [6, 6.07) is 3.81. The number of nitrogens with zero attached hydrogens (tertiary/aromatic N) is 2. The van der Waals surface area contributed by atoms with Gasteiger partial charge < -0.3 is 4.18 Å². The smallest absolute Gasteiger partial charge is 0.352 e. The molecule has 20 heavy (non-hydrogen) atoms. The van der Waals surface area contributed by atoms with Crippen molar-refractivity contribution < 1.29 is 25.8 Å². The van der Waals surface area contributed by atoms with Crippen molar-refractivity contribution in [3.05, 3.63) is 29.8 Å². The molecule has 0 amide bonds. The summed E-state index contributed by atoms with van der Waals surface area (Å²) in [5.74, 6) is 0. The molecular formula is C10H9F3N2O3S2. The van der Waals surface area contributed by atoms with Crippen molar-refractivity contribution in [1.82, 2.24) is 0 Å². The Kier molecular flexibility index (Phi) is 3.78. The van der Waals surface area contributed by atoms with E-state index in [1.54, 1.807) is 6.26 Å². The standard InChI is InChI=1S/C10H9F3N2O3S2/c1-19-6-14-15-9(19)18-20(16,17)8-5-3-2-4-7(8)10(11,12)13/h2-6,19H,1H3. The Hall–Kier alpha value is -1.55. The average Bonchev–Trinajstić information content (AvgIpc) is 2.73. The highest BCUT2D eigenvalue weighted by molar-refractivity contribution is 8.39. The van der Waals surface area contributed by atoms with E-state index in [4.69, 9.17) is 0 Å². The van der Waals surface area contributed by atoms with Crippen LogP contribution in [-0.4, -0.2) is 25.4 Å². The number of alkyl halides is 3. The van der Waals surface area contributed by atoms with Crippen molar-refractivity contribution in [2.75, 3.05) is 6.26 Å². The van der Waals surface area contributed by atoms with Gasteiger partial charge in [0.05, 0.1) is 11.1 Å². The third kappa shape index (κ3) is 2.96. The molecule has 0 radical (unpaired) electrons. The van der Waals surface area contributed by atoms with Crippen molar-refractivity contribution in [2.24, 2.45) is 10.2 Å². The van der Waals surface area contributed by atoms with Crippen LogP contribution < -0.4 is 0 Å². The topological polar surface area (TPSA) is 68.1 Å². The lowest BCUT2D eigenvalue weighted by Gasteiger charge is -2.14. The molecule has 1 aliphatic heterocycles. The summed E-state index contributed by atoms with van der Waals surface area (Å²) >= 11 is 0. The van der Waals surface area contributed by atoms with Crippen LogP contribution in [-0.2, 0) is 20.5 Å². The van der Waals surface area contributed by atoms with Crippen LogP contribution in [0, 0.1) is 0 Å². The van der Waals surface area contributed by atoms with E-state index in [-0.39, 0.29) is 5.23 Å². The van der Waals surface area contributed by atoms with Gasteiger partial charge in [-0.1, -0.05) is 12.1 Å². The number of benzene rings is 1. The fourth-order valence-corrected chi connectivity index (χ4v) is 3.69. The van der Waals surface area contributed by atoms with E-state index in [9.17, 15) is 21.6 Å². The Morgan fingerprint density at radius 2 is 1.90 bits per heavy atom. The third-order valence-corrected chi connectivity index (χ3v) is 4.95. The Bertz CT molecular complexity index is 683. The molecule has 1 aromatic carbocycles. The lowest BCUT2D eigenvalue weighted by atomic mass is 10.2. The first kappa shape index (κ1) is 14.9. The van der Waals surface area contributed by atoms with Crippen LogP contribution in [0.2, 0.25) is 0 Å². The van der Waals surface area contributed by atoms with Gasteiger partial charge in [0.2, 0.25) is 0 Å². The molecule has 1 aromatic rings. The van der Waals surface area contributed by atoms with Gasteiger partial charge in [0.15, 0.2) is 0 Å². The number of hydrogen-bond donors (Lipinski definition) is 1. The normalized spacial score (nSPS) is 20.8. The fraction of sp³-hybridized carbons (Fsp3) is 0.200. The summed E-state index contributed by atoms with van der Waals surface area (Å²) < 4.78 is 67.0. The number of rotatable bonds is 2. The van der Waals surface area contributed by atoms with Crippen molar-refractivity contribution in [2.45, 2.75) is 11.1 Å². The highest BCUT2D eigenvalue weighted by atomic mass is 32.2. The average molecular weight is 326 g/mol. The number of thiol groups is 1. The first-order valence-electron chi connectivity index (χ1n) is 5.16. The lowest BCUT2D eigenvalue weighted by molar-refractivity contribution is -0.139. The van der Waals surface area contributed by atoms with Crippen molar-refractivity contribution >= 4 is 31.8 Å². The van der Waals surface area contributed by atoms with Crippen LogP contribution >= 0.6 is 10.9 Å². The maximum Gasteiger partial charge on any atom is 0.417 e. The molecule has 10 heteroatoms. The van der Waals surface area contributed by atoms with Crippen LogP contribution in [0.1, 0.15) is 5.56 Å². The zero-order valence-corrected chi connectivity index (χ0v) is 11.7. The predicted octanol–water partition coefficient (Wildman–Crippen LogP) is 2.35. The van der Waals surface area contributed by atoms with E-state index in [0.29, 0.717) is 6.07 Å². The molecule has 1 aliphatic rings. The molecule has 0 saturated carbocycles. The second kappa shape index (κ2) is 5.09. The Morgan fingerprint density at radius 1 is 1.25 bits per heavy atom. The van der Waals surface area contributed by atoms with Crippen molar-refractivity contribution in [3.8, 4) is 0 Å². The van der Waals surface area contributed by atoms with Gasteiger partial charge in [-0.2, -0.15) is 21.6 Å². The number of hydrogen-bond acceptors (Lipinski definition) is 5. The largest absolute Gasteiger partial charge is 0.417 e. The second-order valence-corrected chi connectivity index (χ2v) is 7.11. The minimum absolute atomic E-state index is 0.197. The van der Waals surface area contributed by atoms with Gasteiger partial charge in [-0.25, -0.2) is 0 Å². The maximum atomic E-state index is 12.8. The van der Waals surface area contributed by atoms with Gasteiger partial charge in [0, 0.05) is 0 Å². The SMILES string of the molecule is C[SH]1C=NN=C1OS(=O)(=O)c1ccccc1C(F)(F)F. The monoisotopic (exact) mass is 326 g/mol. The highest BCUT2D eigenvalue weighted by Gasteiger charge is 2.38. The van der Waals surface area contributed by atoms with Crippen LogP contribution in [0.3, 0.4) is 0 Å². The molecule has 0 N–H and O–H groups in total. The van der Waals surface area contributed by atoms with Gasteiger partial charge in [-0.05, 0) is 18.4 Å². The van der Waals surface area contributed by atoms with Crippen molar-refractivity contribution in [1.29, 1.82) is 0 Å². The van der Waals surface area contributed by atoms with E-state index < -0.39 is 37.6 Å². The molecular weight excluding hydrogens is 317 g/mol. The summed E-state index contributed by atoms with van der Waals surface area (Å²) in [4.78, 5) is -0.939. The minimum Gasteiger partial charge on any atom is -0.352 e. The van der Waals surface area contributed by atoms with Gasteiger partial charge in [0.1, 0.15) is 4.90 Å². The lowest BCUT2D eigenvalue weighted by Crippen LogP contribution is -2.17. The highest BCUT2D eigenvalue weighted by Crippen LogP contribution is 2.36. The van der Waals surface area contributed by atoms with Gasteiger partial charge >= 0.3 is 16.3 Å².